The number of carbonyl (C=O) groups is 2. The average Bonchev–Trinajstić information content (AvgIpc) is 2.60. The number of carbonyl (C=O) groups excluding carboxylic acids is 2. The highest BCUT2D eigenvalue weighted by Gasteiger charge is 2.42. The van der Waals surface area contributed by atoms with Crippen LogP contribution in [0, 0.1) is 11.8 Å². The molecule has 7 N–H and O–H groups in total. The second kappa shape index (κ2) is 8.88. The number of hydrogen-bond donors (Lipinski definition) is 6. The van der Waals surface area contributed by atoms with Gasteiger partial charge in [0.1, 0.15) is 18.3 Å². The van der Waals surface area contributed by atoms with Crippen molar-refractivity contribution in [3.63, 3.8) is 0 Å². The zero-order chi connectivity index (χ0) is 18.6. The summed E-state index contributed by atoms with van der Waals surface area (Å²) >= 11 is 0. The molecule has 2 saturated heterocycles. The molecule has 2 heterocycles. The third kappa shape index (κ3) is 4.87. The fourth-order valence-corrected chi connectivity index (χ4v) is 3.11. The molecule has 144 valence electrons. The van der Waals surface area contributed by atoms with Gasteiger partial charge >= 0.3 is 0 Å². The number of piperidine rings is 1. The molecule has 2 aliphatic rings. The fourth-order valence-electron chi connectivity index (χ4n) is 3.11. The number of ether oxygens (including phenoxy) is 2. The van der Waals surface area contributed by atoms with Crippen LogP contribution in [0.2, 0.25) is 0 Å². The molecule has 2 rings (SSSR count). The van der Waals surface area contributed by atoms with Crippen LogP contribution in [0.15, 0.2) is 0 Å². The highest BCUT2D eigenvalue weighted by Crippen LogP contribution is 2.22. The van der Waals surface area contributed by atoms with Crippen LogP contribution in [0.25, 0.3) is 0 Å². The van der Waals surface area contributed by atoms with Gasteiger partial charge in [-0.15, -0.1) is 0 Å². The summed E-state index contributed by atoms with van der Waals surface area (Å²) in [6, 6.07) is 0. The lowest BCUT2D eigenvalue weighted by Crippen LogP contribution is -2.57. The summed E-state index contributed by atoms with van der Waals surface area (Å²) in [5, 5.41) is 34.9. The van der Waals surface area contributed by atoms with Crippen LogP contribution in [0.3, 0.4) is 0 Å². The molecule has 2 aliphatic heterocycles. The molecule has 0 aromatic carbocycles. The smallest absolute Gasteiger partial charge is 0.225 e. The number of nitrogens with two attached hydrogens (primary N) is 1. The maximum absolute atomic E-state index is 12.2. The van der Waals surface area contributed by atoms with Crippen LogP contribution in [-0.2, 0) is 19.1 Å². The molecule has 0 radical (unpaired) electrons. The van der Waals surface area contributed by atoms with Gasteiger partial charge in [0.2, 0.25) is 11.8 Å². The van der Waals surface area contributed by atoms with Crippen LogP contribution in [0.5, 0.6) is 0 Å². The van der Waals surface area contributed by atoms with E-state index in [-0.39, 0.29) is 19.1 Å². The minimum atomic E-state index is -1.39. The number of amides is 2. The lowest BCUT2D eigenvalue weighted by molar-refractivity contribution is -0.292. The third-order valence-electron chi connectivity index (χ3n) is 4.68. The van der Waals surface area contributed by atoms with Crippen LogP contribution in [-0.4, -0.2) is 84.1 Å². The van der Waals surface area contributed by atoms with E-state index in [1.54, 1.807) is 6.92 Å². The van der Waals surface area contributed by atoms with Crippen molar-refractivity contribution in [1.29, 1.82) is 0 Å². The largest absolute Gasteiger partial charge is 0.388 e. The van der Waals surface area contributed by atoms with E-state index in [0.717, 1.165) is 0 Å². The van der Waals surface area contributed by atoms with Gasteiger partial charge in [-0.05, 0) is 19.9 Å². The maximum atomic E-state index is 12.2. The quantitative estimate of drug-likeness (QED) is 0.267. The first-order valence-electron chi connectivity index (χ1n) is 8.42. The van der Waals surface area contributed by atoms with Gasteiger partial charge in [-0.2, -0.15) is 0 Å². The van der Waals surface area contributed by atoms with Gasteiger partial charge in [0.05, 0.1) is 24.5 Å². The highest BCUT2D eigenvalue weighted by atomic mass is 16.7. The minimum absolute atomic E-state index is 0.0321. The molecule has 7 atom stereocenters. The molecule has 0 unspecified atom stereocenters. The lowest BCUT2D eigenvalue weighted by atomic mass is 9.85. The molecule has 0 aromatic rings. The average molecular weight is 361 g/mol. The first kappa shape index (κ1) is 20.0. The molecule has 2 amide bonds. The number of aliphatic hydroxyl groups is 3. The summed E-state index contributed by atoms with van der Waals surface area (Å²) in [5.41, 5.74) is 5.34. The van der Waals surface area contributed by atoms with Crippen molar-refractivity contribution < 1.29 is 34.4 Å². The van der Waals surface area contributed by atoms with Crippen LogP contribution in [0.1, 0.15) is 13.3 Å². The van der Waals surface area contributed by atoms with Crippen LogP contribution in [0.4, 0.5) is 0 Å². The summed E-state index contributed by atoms with van der Waals surface area (Å²) in [7, 11) is 0. The third-order valence-corrected chi connectivity index (χ3v) is 4.68. The zero-order valence-electron chi connectivity index (χ0n) is 14.1. The fraction of sp³-hybridized carbons (Fsp3) is 0.867. The van der Waals surface area contributed by atoms with Crippen molar-refractivity contribution in [3.8, 4) is 0 Å². The number of hydrogen-bond acceptors (Lipinski definition) is 8. The molecule has 2 fully saturated rings. The summed E-state index contributed by atoms with van der Waals surface area (Å²) in [6.45, 7) is 2.75. The van der Waals surface area contributed by atoms with Gasteiger partial charge in [-0.25, -0.2) is 0 Å². The van der Waals surface area contributed by atoms with Crippen LogP contribution < -0.4 is 16.4 Å². The molecule has 10 heteroatoms. The van der Waals surface area contributed by atoms with Gasteiger partial charge < -0.3 is 41.2 Å². The standard InChI is InChI=1S/C15H27N3O7/c1-7-10(19)11(20)12(21)15(25-7)24-5-4-18-14(23)9-6-17-3-2-8(9)13(16)22/h7-12,15,17,19-21H,2-6H2,1H3,(H2,16,22)(H,18,23)/t7-,8+,9-,10+,11+,12-,15+/m0/s1. The number of primary amides is 1. The predicted molar refractivity (Wildman–Crippen MR) is 85.0 cm³/mol. The summed E-state index contributed by atoms with van der Waals surface area (Å²) in [6.07, 6.45) is -5.22. The molecule has 0 bridgehead atoms. The Morgan fingerprint density at radius 1 is 1.24 bits per heavy atom. The molecule has 0 aliphatic carbocycles. The Hall–Kier alpha value is -1.30. The van der Waals surface area contributed by atoms with Crippen molar-refractivity contribution in [3.05, 3.63) is 0 Å². The zero-order valence-corrected chi connectivity index (χ0v) is 14.1. The minimum Gasteiger partial charge on any atom is -0.388 e. The molecule has 10 nitrogen and oxygen atoms in total. The molecule has 0 aromatic heterocycles. The summed E-state index contributed by atoms with van der Waals surface area (Å²) in [5.74, 6) is -1.81. The monoisotopic (exact) mass is 361 g/mol. The van der Waals surface area contributed by atoms with Gasteiger partial charge in [0.25, 0.3) is 0 Å². The van der Waals surface area contributed by atoms with Gasteiger partial charge in [0.15, 0.2) is 6.29 Å². The predicted octanol–water partition coefficient (Wildman–Crippen LogP) is -3.34. The van der Waals surface area contributed by atoms with Crippen molar-refractivity contribution >= 4 is 11.8 Å². The van der Waals surface area contributed by atoms with Gasteiger partial charge in [-0.1, -0.05) is 0 Å². The van der Waals surface area contributed by atoms with Gasteiger partial charge in [-0.3, -0.25) is 9.59 Å². The summed E-state index contributed by atoms with van der Waals surface area (Å²) < 4.78 is 10.6. The van der Waals surface area contributed by atoms with E-state index >= 15 is 0 Å². The van der Waals surface area contributed by atoms with E-state index in [9.17, 15) is 24.9 Å². The normalized spacial score (nSPS) is 39.0. The highest BCUT2D eigenvalue weighted by molar-refractivity contribution is 5.87. The maximum Gasteiger partial charge on any atom is 0.225 e. The number of rotatable bonds is 6. The van der Waals surface area contributed by atoms with Crippen molar-refractivity contribution in [2.24, 2.45) is 17.6 Å². The Bertz CT molecular complexity index is 478. The number of nitrogens with one attached hydrogen (secondary N) is 2. The van der Waals surface area contributed by atoms with Crippen molar-refractivity contribution in [2.75, 3.05) is 26.2 Å². The first-order chi connectivity index (χ1) is 11.8. The molecule has 0 spiro atoms. The van der Waals surface area contributed by atoms with Crippen molar-refractivity contribution in [2.45, 2.75) is 44.1 Å². The Labute approximate surface area is 145 Å². The molecular formula is C15H27N3O7. The summed E-state index contributed by atoms with van der Waals surface area (Å²) in [4.78, 5) is 23.6. The Kier molecular flexibility index (Phi) is 7.11. The lowest BCUT2D eigenvalue weighted by Gasteiger charge is -2.38. The molecular weight excluding hydrogens is 334 g/mol. The van der Waals surface area contributed by atoms with Crippen molar-refractivity contribution in [1.82, 2.24) is 10.6 Å². The molecule has 25 heavy (non-hydrogen) atoms. The van der Waals surface area contributed by atoms with E-state index in [0.29, 0.717) is 19.5 Å². The number of aliphatic hydroxyl groups excluding tert-OH is 3. The van der Waals surface area contributed by atoms with E-state index in [4.69, 9.17) is 15.2 Å². The second-order valence-electron chi connectivity index (χ2n) is 6.45. The first-order valence-corrected chi connectivity index (χ1v) is 8.42. The molecule has 0 saturated carbocycles. The van der Waals surface area contributed by atoms with E-state index in [1.165, 1.54) is 0 Å². The Morgan fingerprint density at radius 2 is 1.96 bits per heavy atom. The SMILES string of the molecule is C[C@@H]1O[C@@H](OCCNC(=O)[C@H]2CNCC[C@H]2C(N)=O)[C@@H](O)[C@H](O)[C@@H]1O. The van der Waals surface area contributed by atoms with E-state index in [2.05, 4.69) is 10.6 Å². The van der Waals surface area contributed by atoms with E-state index < -0.39 is 48.4 Å². The topological polar surface area (TPSA) is 163 Å². The van der Waals surface area contributed by atoms with Gasteiger partial charge in [0, 0.05) is 13.1 Å². The Morgan fingerprint density at radius 3 is 2.64 bits per heavy atom. The van der Waals surface area contributed by atoms with E-state index in [1.807, 2.05) is 0 Å². The second-order valence-corrected chi connectivity index (χ2v) is 6.45. The Balaban J connectivity index is 1.75. The van der Waals surface area contributed by atoms with Crippen LogP contribution >= 0.6 is 0 Å².